The molecule has 0 saturated carbocycles. The molecule has 0 bridgehead atoms. The number of rotatable bonds is 6. The number of esters is 1. The van der Waals surface area contributed by atoms with Crippen LogP contribution in [0, 0.1) is 6.92 Å². The lowest BCUT2D eigenvalue weighted by atomic mass is 9.93. The van der Waals surface area contributed by atoms with Crippen LogP contribution in [0.3, 0.4) is 0 Å². The largest absolute Gasteiger partial charge is 0.462 e. The van der Waals surface area contributed by atoms with Gasteiger partial charge in [-0.25, -0.2) is 14.8 Å². The minimum atomic E-state index is -0.322. The topological polar surface area (TPSA) is 88.5 Å². The lowest BCUT2D eigenvalue weighted by molar-refractivity contribution is 0.0531. The fourth-order valence-electron chi connectivity index (χ4n) is 2.35. The number of carbonyl (C=O) groups is 1. The second kappa shape index (κ2) is 9.47. The summed E-state index contributed by atoms with van der Waals surface area (Å²) in [5.41, 5.74) is 1.82. The van der Waals surface area contributed by atoms with Crippen molar-refractivity contribution in [2.24, 2.45) is 4.99 Å². The van der Waals surface area contributed by atoms with Gasteiger partial charge in [0.2, 0.25) is 0 Å². The molecule has 2 heterocycles. The summed E-state index contributed by atoms with van der Waals surface area (Å²) in [6.07, 6.45) is 0. The molecule has 0 amide bonds. The second-order valence-corrected chi connectivity index (χ2v) is 9.33. The Kier molecular flexibility index (Phi) is 7.54. The van der Waals surface area contributed by atoms with E-state index in [-0.39, 0.29) is 17.4 Å². The van der Waals surface area contributed by atoms with Crippen molar-refractivity contribution in [2.75, 3.05) is 13.7 Å². The second-order valence-electron chi connectivity index (χ2n) is 7.36. The number of hydrogen-bond donors (Lipinski definition) is 2. The van der Waals surface area contributed by atoms with E-state index in [1.165, 1.54) is 11.3 Å². The van der Waals surface area contributed by atoms with Gasteiger partial charge in [-0.05, 0) is 20.8 Å². The van der Waals surface area contributed by atoms with Crippen LogP contribution in [0.15, 0.2) is 10.4 Å². The first kappa shape index (κ1) is 22.3. The zero-order valence-corrected chi connectivity index (χ0v) is 19.2. The Morgan fingerprint density at radius 1 is 1.36 bits per heavy atom. The molecule has 9 heteroatoms. The van der Waals surface area contributed by atoms with Gasteiger partial charge >= 0.3 is 5.97 Å². The highest BCUT2D eigenvalue weighted by Gasteiger charge is 2.20. The summed E-state index contributed by atoms with van der Waals surface area (Å²) >= 11 is 2.99. The van der Waals surface area contributed by atoms with Gasteiger partial charge in [-0.2, -0.15) is 0 Å². The molecule has 0 saturated heterocycles. The summed E-state index contributed by atoms with van der Waals surface area (Å²) < 4.78 is 5.09. The Balaban J connectivity index is 1.98. The van der Waals surface area contributed by atoms with E-state index in [1.54, 1.807) is 25.3 Å². The summed E-state index contributed by atoms with van der Waals surface area (Å²) in [7, 11) is 1.72. The maximum absolute atomic E-state index is 12.0. The molecule has 2 rings (SSSR count). The van der Waals surface area contributed by atoms with Gasteiger partial charge < -0.3 is 15.4 Å². The number of nitrogens with zero attached hydrogens (tertiary/aromatic N) is 3. The molecule has 154 valence electrons. The summed E-state index contributed by atoms with van der Waals surface area (Å²) in [4.78, 5) is 26.0. The molecule has 28 heavy (non-hydrogen) atoms. The number of aryl methyl sites for hydroxylation is 1. The van der Waals surface area contributed by atoms with Gasteiger partial charge in [0.05, 0.1) is 30.6 Å². The zero-order chi connectivity index (χ0) is 20.9. The molecule has 2 aromatic heterocycles. The average Bonchev–Trinajstić information content (AvgIpc) is 3.25. The van der Waals surface area contributed by atoms with E-state index in [0.29, 0.717) is 29.7 Å². The van der Waals surface area contributed by atoms with Gasteiger partial charge in [0.15, 0.2) is 5.96 Å². The van der Waals surface area contributed by atoms with E-state index in [4.69, 9.17) is 4.74 Å². The van der Waals surface area contributed by atoms with Gasteiger partial charge in [-0.3, -0.25) is 4.99 Å². The molecule has 0 radical (unpaired) electrons. The normalized spacial score (nSPS) is 13.3. The Morgan fingerprint density at radius 2 is 2.07 bits per heavy atom. The summed E-state index contributed by atoms with van der Waals surface area (Å²) in [5.74, 6) is 0.336. The van der Waals surface area contributed by atoms with E-state index >= 15 is 0 Å². The SMILES string of the molecule is CCOC(=O)c1sc(C(C)NC(=NC)NCc2nc(C(C)(C)C)cs2)nc1C. The van der Waals surface area contributed by atoms with Crippen LogP contribution in [-0.2, 0) is 16.7 Å². The molecule has 1 atom stereocenters. The van der Waals surface area contributed by atoms with Gasteiger partial charge in [0.1, 0.15) is 14.9 Å². The minimum absolute atomic E-state index is 0.0442. The smallest absolute Gasteiger partial charge is 0.350 e. The number of guanidine groups is 1. The lowest BCUT2D eigenvalue weighted by Crippen LogP contribution is -2.38. The molecule has 2 aromatic rings. The van der Waals surface area contributed by atoms with Crippen LogP contribution < -0.4 is 10.6 Å². The van der Waals surface area contributed by atoms with Crippen LogP contribution in [0.4, 0.5) is 0 Å². The van der Waals surface area contributed by atoms with E-state index < -0.39 is 0 Å². The predicted molar refractivity (Wildman–Crippen MR) is 115 cm³/mol. The maximum atomic E-state index is 12.0. The highest BCUT2D eigenvalue weighted by atomic mass is 32.1. The first-order valence-corrected chi connectivity index (χ1v) is 10.9. The van der Waals surface area contributed by atoms with Gasteiger partial charge in [-0.15, -0.1) is 22.7 Å². The first-order chi connectivity index (χ1) is 13.2. The molecule has 0 aliphatic heterocycles. The van der Waals surface area contributed by atoms with E-state index in [0.717, 1.165) is 15.7 Å². The summed E-state index contributed by atoms with van der Waals surface area (Å²) in [6.45, 7) is 13.0. The van der Waals surface area contributed by atoms with E-state index in [9.17, 15) is 4.79 Å². The Bertz CT molecular complexity index is 836. The quantitative estimate of drug-likeness (QED) is 0.417. The van der Waals surface area contributed by atoms with E-state index in [2.05, 4.69) is 51.7 Å². The molecular weight excluding hydrogens is 394 g/mol. The number of nitrogens with one attached hydrogen (secondary N) is 2. The highest BCUT2D eigenvalue weighted by molar-refractivity contribution is 7.13. The maximum Gasteiger partial charge on any atom is 0.350 e. The number of aromatic nitrogens is 2. The molecule has 7 nitrogen and oxygen atoms in total. The van der Waals surface area contributed by atoms with Crippen molar-refractivity contribution in [1.82, 2.24) is 20.6 Å². The van der Waals surface area contributed by atoms with Crippen molar-refractivity contribution in [2.45, 2.75) is 59.5 Å². The standard InChI is InChI=1S/C19H29N5O2S2/c1-8-26-17(25)15-11(2)22-16(28-15)12(3)23-18(20-7)21-9-14-24-13(10-27-14)19(4,5)6/h10,12H,8-9H2,1-7H3,(H2,20,21,23). The zero-order valence-electron chi connectivity index (χ0n) is 17.5. The van der Waals surface area contributed by atoms with Gasteiger partial charge in [0, 0.05) is 17.8 Å². The molecule has 0 fully saturated rings. The summed E-state index contributed by atoms with van der Waals surface area (Å²) in [6, 6.07) is -0.0977. The number of hydrogen-bond acceptors (Lipinski definition) is 7. The third-order valence-electron chi connectivity index (χ3n) is 3.95. The molecule has 0 aliphatic rings. The van der Waals surface area contributed by atoms with Crippen LogP contribution in [-0.4, -0.2) is 35.6 Å². The predicted octanol–water partition coefficient (Wildman–Crippen LogP) is 3.81. The average molecular weight is 424 g/mol. The van der Waals surface area contributed by atoms with Crippen LogP contribution in [0.5, 0.6) is 0 Å². The van der Waals surface area contributed by atoms with Gasteiger partial charge in [-0.1, -0.05) is 20.8 Å². The lowest BCUT2D eigenvalue weighted by Gasteiger charge is -2.16. The number of carbonyl (C=O) groups excluding carboxylic acids is 1. The van der Waals surface area contributed by atoms with Crippen LogP contribution >= 0.6 is 22.7 Å². The monoisotopic (exact) mass is 423 g/mol. The van der Waals surface area contributed by atoms with Crippen molar-refractivity contribution < 1.29 is 9.53 Å². The Hall–Kier alpha value is -2.00. The highest BCUT2D eigenvalue weighted by Crippen LogP contribution is 2.25. The van der Waals surface area contributed by atoms with Crippen molar-refractivity contribution in [1.29, 1.82) is 0 Å². The van der Waals surface area contributed by atoms with Crippen molar-refractivity contribution in [3.63, 3.8) is 0 Å². The van der Waals surface area contributed by atoms with Crippen molar-refractivity contribution in [3.05, 3.63) is 31.7 Å². The summed E-state index contributed by atoms with van der Waals surface area (Å²) in [5, 5.41) is 10.5. The van der Waals surface area contributed by atoms with Gasteiger partial charge in [0.25, 0.3) is 0 Å². The van der Waals surface area contributed by atoms with E-state index in [1.807, 2.05) is 13.8 Å². The van der Waals surface area contributed by atoms with Crippen LogP contribution in [0.2, 0.25) is 0 Å². The third kappa shape index (κ3) is 5.75. The fourth-order valence-corrected chi connectivity index (χ4v) is 4.27. The van der Waals surface area contributed by atoms with Crippen LogP contribution in [0.25, 0.3) is 0 Å². The molecule has 0 aromatic carbocycles. The number of thiazole rings is 2. The third-order valence-corrected chi connectivity index (χ3v) is 6.12. The number of aliphatic imine (C=N–C) groups is 1. The molecule has 0 aliphatic carbocycles. The van der Waals surface area contributed by atoms with Crippen LogP contribution in [0.1, 0.15) is 71.7 Å². The van der Waals surface area contributed by atoms with Crippen molar-refractivity contribution in [3.8, 4) is 0 Å². The molecular formula is C19H29N5O2S2. The first-order valence-electron chi connectivity index (χ1n) is 9.22. The molecule has 2 N–H and O–H groups in total. The molecule has 1 unspecified atom stereocenters. The minimum Gasteiger partial charge on any atom is -0.462 e. The Labute approximate surface area is 174 Å². The Morgan fingerprint density at radius 3 is 2.64 bits per heavy atom. The van der Waals surface area contributed by atoms with Crippen molar-refractivity contribution >= 4 is 34.6 Å². The molecule has 0 spiro atoms. The fraction of sp³-hybridized carbons (Fsp3) is 0.579. The number of ether oxygens (including phenoxy) is 1.